The maximum atomic E-state index is 2.39. The second kappa shape index (κ2) is 2.72. The van der Waals surface area contributed by atoms with E-state index in [1.165, 1.54) is 19.3 Å². The number of hydrogen-bond donors (Lipinski definition) is 0. The van der Waals surface area contributed by atoms with E-state index in [2.05, 4.69) is 20.8 Å². The summed E-state index contributed by atoms with van der Waals surface area (Å²) in [6.45, 7) is 7.15. The van der Waals surface area contributed by atoms with Crippen LogP contribution in [0.15, 0.2) is 0 Å². The van der Waals surface area contributed by atoms with Gasteiger partial charge in [-0.2, -0.15) is 0 Å². The third-order valence-electron chi connectivity index (χ3n) is 2.86. The van der Waals surface area contributed by atoms with E-state index in [4.69, 9.17) is 0 Å². The maximum absolute atomic E-state index is 2.39. The Morgan fingerprint density at radius 3 is 2.00 bits per heavy atom. The molecule has 0 heteroatoms. The van der Waals surface area contributed by atoms with E-state index in [0.29, 0.717) is 0 Å². The third kappa shape index (κ3) is 1.70. The summed E-state index contributed by atoms with van der Waals surface area (Å²) in [5.41, 5.74) is 0. The van der Waals surface area contributed by atoms with Crippen LogP contribution in [0, 0.1) is 17.8 Å². The van der Waals surface area contributed by atoms with Crippen LogP contribution in [0.5, 0.6) is 0 Å². The van der Waals surface area contributed by atoms with Gasteiger partial charge < -0.3 is 0 Å². The first kappa shape index (κ1) is 7.11. The van der Waals surface area contributed by atoms with Gasteiger partial charge in [0, 0.05) is 0 Å². The van der Waals surface area contributed by atoms with Gasteiger partial charge >= 0.3 is 0 Å². The van der Waals surface area contributed by atoms with Crippen LogP contribution in [0.2, 0.25) is 0 Å². The molecule has 0 amide bonds. The molecule has 9 heavy (non-hydrogen) atoms. The molecule has 0 aromatic heterocycles. The van der Waals surface area contributed by atoms with Crippen molar-refractivity contribution in [2.45, 2.75) is 40.0 Å². The highest BCUT2D eigenvalue weighted by Gasteiger charge is 2.20. The first-order valence-electron chi connectivity index (χ1n) is 4.20. The van der Waals surface area contributed by atoms with Crippen molar-refractivity contribution in [1.29, 1.82) is 0 Å². The molecule has 0 saturated heterocycles. The Labute approximate surface area is 58.7 Å². The quantitative estimate of drug-likeness (QED) is 0.468. The van der Waals surface area contributed by atoms with Gasteiger partial charge in [0.2, 0.25) is 0 Å². The van der Waals surface area contributed by atoms with Crippen molar-refractivity contribution >= 4 is 0 Å². The van der Waals surface area contributed by atoms with E-state index in [1.807, 2.05) is 0 Å². The molecule has 1 aliphatic rings. The lowest BCUT2D eigenvalue weighted by Gasteiger charge is -2.29. The van der Waals surface area contributed by atoms with Gasteiger partial charge in [0.15, 0.2) is 0 Å². The molecule has 0 aromatic rings. The number of hydrogen-bond acceptors (Lipinski definition) is 0. The summed E-state index contributed by atoms with van der Waals surface area (Å²) >= 11 is 0. The number of rotatable bonds is 0. The van der Waals surface area contributed by atoms with E-state index < -0.39 is 0 Å². The lowest BCUT2D eigenvalue weighted by atomic mass is 9.77. The summed E-state index contributed by atoms with van der Waals surface area (Å²) in [6.07, 6.45) is 4.38. The molecule has 0 N–H and O–H groups in total. The molecule has 0 aromatic carbocycles. The normalized spacial score (nSPS) is 45.0. The van der Waals surface area contributed by atoms with Crippen molar-refractivity contribution in [2.75, 3.05) is 0 Å². The molecule has 0 aliphatic heterocycles. The van der Waals surface area contributed by atoms with Crippen LogP contribution in [0.1, 0.15) is 40.0 Å². The van der Waals surface area contributed by atoms with E-state index in [9.17, 15) is 0 Å². The smallest absolute Gasteiger partial charge is 0.0414 e. The highest BCUT2D eigenvalue weighted by Crippen LogP contribution is 2.32. The Hall–Kier alpha value is 0. The Kier molecular flexibility index (Phi) is 2.15. The summed E-state index contributed by atoms with van der Waals surface area (Å²) in [5, 5.41) is 0. The van der Waals surface area contributed by atoms with Crippen molar-refractivity contribution in [3.63, 3.8) is 0 Å². The Morgan fingerprint density at radius 2 is 1.56 bits per heavy atom. The Bertz CT molecular complexity index is 86.0. The molecule has 1 unspecified atom stereocenters. The lowest BCUT2D eigenvalue weighted by molar-refractivity contribution is 0.220. The van der Waals surface area contributed by atoms with Crippen LogP contribution >= 0.6 is 0 Å². The van der Waals surface area contributed by atoms with E-state index in [1.54, 1.807) is 0 Å². The van der Waals surface area contributed by atoms with Crippen molar-refractivity contribution in [1.82, 2.24) is 0 Å². The topological polar surface area (TPSA) is 0 Å². The van der Waals surface area contributed by atoms with Gasteiger partial charge in [-0.05, 0) is 24.2 Å². The van der Waals surface area contributed by atoms with Gasteiger partial charge in [0.05, 0.1) is 0 Å². The van der Waals surface area contributed by atoms with Gasteiger partial charge in [-0.25, -0.2) is 0 Å². The molecule has 1 saturated carbocycles. The minimum Gasteiger partial charge on any atom is -0.0625 e. The molecular formula is C9H18. The zero-order valence-electron chi connectivity index (χ0n) is 6.85. The van der Waals surface area contributed by atoms with E-state index in [0.717, 1.165) is 17.8 Å². The average molecular weight is 126 g/mol. The standard InChI is InChI=1S/C9H18/c1-7-4-5-8(2)9(3)6-7/h7-9H,4-6H2,1-3H3/t7-,8-,9?/m1/s1. The van der Waals surface area contributed by atoms with Crippen LogP contribution < -0.4 is 0 Å². The third-order valence-corrected chi connectivity index (χ3v) is 2.86. The summed E-state index contributed by atoms with van der Waals surface area (Å²) in [7, 11) is 0. The minimum atomic E-state index is 0.980. The van der Waals surface area contributed by atoms with Crippen LogP contribution in [-0.2, 0) is 0 Å². The predicted octanol–water partition coefficient (Wildman–Crippen LogP) is 3.08. The fourth-order valence-electron chi connectivity index (χ4n) is 1.82. The Balaban J connectivity index is 2.35. The summed E-state index contributed by atoms with van der Waals surface area (Å²) < 4.78 is 0. The molecule has 0 heterocycles. The summed E-state index contributed by atoms with van der Waals surface area (Å²) in [5.74, 6) is 2.96. The molecular weight excluding hydrogens is 108 g/mol. The van der Waals surface area contributed by atoms with Crippen molar-refractivity contribution in [3.8, 4) is 0 Å². The summed E-state index contributed by atoms with van der Waals surface area (Å²) in [6, 6.07) is 0. The van der Waals surface area contributed by atoms with Crippen LogP contribution in [-0.4, -0.2) is 0 Å². The first-order chi connectivity index (χ1) is 4.20. The van der Waals surface area contributed by atoms with Crippen LogP contribution in [0.3, 0.4) is 0 Å². The van der Waals surface area contributed by atoms with Gasteiger partial charge in [0.25, 0.3) is 0 Å². The molecule has 0 spiro atoms. The molecule has 3 atom stereocenters. The Morgan fingerprint density at radius 1 is 0.889 bits per heavy atom. The zero-order chi connectivity index (χ0) is 6.85. The fraction of sp³-hybridized carbons (Fsp3) is 1.00. The highest BCUT2D eigenvalue weighted by atomic mass is 14.3. The average Bonchev–Trinajstić information content (AvgIpc) is 1.80. The molecule has 1 fully saturated rings. The summed E-state index contributed by atoms with van der Waals surface area (Å²) in [4.78, 5) is 0. The van der Waals surface area contributed by atoms with Crippen molar-refractivity contribution < 1.29 is 0 Å². The van der Waals surface area contributed by atoms with Gasteiger partial charge in [-0.3, -0.25) is 0 Å². The second-order valence-corrected chi connectivity index (χ2v) is 3.87. The predicted molar refractivity (Wildman–Crippen MR) is 41.3 cm³/mol. The van der Waals surface area contributed by atoms with Crippen molar-refractivity contribution in [3.05, 3.63) is 0 Å². The molecule has 0 radical (unpaired) electrons. The first-order valence-corrected chi connectivity index (χ1v) is 4.20. The monoisotopic (exact) mass is 126 g/mol. The van der Waals surface area contributed by atoms with Gasteiger partial charge in [-0.1, -0.05) is 33.6 Å². The molecule has 0 nitrogen and oxygen atoms in total. The molecule has 54 valence electrons. The second-order valence-electron chi connectivity index (χ2n) is 3.87. The molecule has 1 aliphatic carbocycles. The van der Waals surface area contributed by atoms with Crippen molar-refractivity contribution in [2.24, 2.45) is 17.8 Å². The molecule has 0 bridgehead atoms. The minimum absolute atomic E-state index is 0.980. The zero-order valence-corrected chi connectivity index (χ0v) is 6.85. The largest absolute Gasteiger partial charge is 0.0625 e. The lowest BCUT2D eigenvalue weighted by Crippen LogP contribution is -2.18. The fourth-order valence-corrected chi connectivity index (χ4v) is 1.82. The van der Waals surface area contributed by atoms with E-state index in [-0.39, 0.29) is 0 Å². The van der Waals surface area contributed by atoms with Crippen LogP contribution in [0.4, 0.5) is 0 Å². The van der Waals surface area contributed by atoms with Gasteiger partial charge in [0.1, 0.15) is 0 Å². The molecule has 1 rings (SSSR count). The van der Waals surface area contributed by atoms with E-state index >= 15 is 0 Å². The van der Waals surface area contributed by atoms with Crippen LogP contribution in [0.25, 0.3) is 0 Å². The maximum Gasteiger partial charge on any atom is -0.0414 e. The van der Waals surface area contributed by atoms with Gasteiger partial charge in [-0.15, -0.1) is 0 Å². The SMILES string of the molecule is CC1C[C@H](C)CC[C@H]1C. The highest BCUT2D eigenvalue weighted by molar-refractivity contribution is 4.72.